The summed E-state index contributed by atoms with van der Waals surface area (Å²) in [6.07, 6.45) is 6.77. The van der Waals surface area contributed by atoms with Gasteiger partial charge in [0.2, 0.25) is 0 Å². The molecule has 152 valence electrons. The van der Waals surface area contributed by atoms with Crippen LogP contribution in [-0.2, 0) is 12.8 Å². The van der Waals surface area contributed by atoms with Crippen molar-refractivity contribution in [3.8, 4) is 11.5 Å². The molecule has 28 heavy (non-hydrogen) atoms. The van der Waals surface area contributed by atoms with Crippen LogP contribution in [0.2, 0.25) is 0 Å². The van der Waals surface area contributed by atoms with Crippen molar-refractivity contribution in [1.29, 1.82) is 0 Å². The first-order chi connectivity index (χ1) is 13.4. The zero-order valence-corrected chi connectivity index (χ0v) is 18.3. The summed E-state index contributed by atoms with van der Waals surface area (Å²) < 4.78 is 6.11. The molecule has 2 aromatic carbocycles. The molecule has 0 saturated carbocycles. The van der Waals surface area contributed by atoms with Crippen molar-refractivity contribution in [3.05, 3.63) is 70.3 Å². The molecule has 0 aromatic heterocycles. The van der Waals surface area contributed by atoms with Gasteiger partial charge < -0.3 is 9.84 Å². The second-order valence-electron chi connectivity index (χ2n) is 7.96. The van der Waals surface area contributed by atoms with E-state index in [2.05, 4.69) is 65.5 Å². The van der Waals surface area contributed by atoms with Crippen molar-refractivity contribution in [2.45, 2.75) is 72.6 Å². The molecular formula is C26H36O2. The van der Waals surface area contributed by atoms with Gasteiger partial charge in [0.15, 0.2) is 0 Å². The highest BCUT2D eigenvalue weighted by Crippen LogP contribution is 2.36. The molecule has 0 spiro atoms. The van der Waals surface area contributed by atoms with Gasteiger partial charge in [-0.15, -0.1) is 0 Å². The molecule has 1 atom stereocenters. The topological polar surface area (TPSA) is 29.5 Å². The second-order valence-corrected chi connectivity index (χ2v) is 7.96. The van der Waals surface area contributed by atoms with E-state index in [9.17, 15) is 5.11 Å². The van der Waals surface area contributed by atoms with E-state index in [1.807, 2.05) is 0 Å². The molecule has 2 nitrogen and oxygen atoms in total. The average molecular weight is 381 g/mol. The Bertz CT molecular complexity index is 805. The lowest BCUT2D eigenvalue weighted by atomic mass is 9.90. The summed E-state index contributed by atoms with van der Waals surface area (Å²) >= 11 is 0. The van der Waals surface area contributed by atoms with Crippen LogP contribution < -0.4 is 4.74 Å². The fourth-order valence-corrected chi connectivity index (χ4v) is 3.76. The van der Waals surface area contributed by atoms with Gasteiger partial charge in [0.1, 0.15) is 18.1 Å². The number of aryl methyl sites for hydroxylation is 3. The van der Waals surface area contributed by atoms with E-state index in [0.29, 0.717) is 24.7 Å². The van der Waals surface area contributed by atoms with Crippen LogP contribution in [0.5, 0.6) is 11.5 Å². The molecule has 0 aliphatic rings. The molecule has 2 aromatic rings. The van der Waals surface area contributed by atoms with Gasteiger partial charge in [-0.3, -0.25) is 0 Å². The first-order valence-electron chi connectivity index (χ1n) is 10.6. The Kier molecular flexibility index (Phi) is 8.17. The van der Waals surface area contributed by atoms with E-state index < -0.39 is 0 Å². The summed E-state index contributed by atoms with van der Waals surface area (Å²) in [4.78, 5) is 0. The molecule has 0 amide bonds. The van der Waals surface area contributed by atoms with E-state index in [-0.39, 0.29) is 0 Å². The molecule has 0 fully saturated rings. The normalized spacial score (nSPS) is 12.0. The molecule has 0 bridgehead atoms. The molecule has 0 aliphatic heterocycles. The zero-order valence-electron chi connectivity index (χ0n) is 18.3. The lowest BCUT2D eigenvalue weighted by Gasteiger charge is -2.19. The Hall–Kier alpha value is -2.22. The Morgan fingerprint density at radius 2 is 1.68 bits per heavy atom. The summed E-state index contributed by atoms with van der Waals surface area (Å²) in [7, 11) is 0. The third-order valence-corrected chi connectivity index (χ3v) is 5.42. The number of benzene rings is 2. The van der Waals surface area contributed by atoms with E-state index in [1.54, 1.807) is 6.08 Å². The number of hydrogen-bond donors (Lipinski definition) is 1. The van der Waals surface area contributed by atoms with Gasteiger partial charge in [0.05, 0.1) is 0 Å². The predicted molar refractivity (Wildman–Crippen MR) is 120 cm³/mol. The Morgan fingerprint density at radius 3 is 2.32 bits per heavy atom. The van der Waals surface area contributed by atoms with Crippen LogP contribution in [0.3, 0.4) is 0 Å². The Balaban J connectivity index is 2.51. The predicted octanol–water partition coefficient (Wildman–Crippen LogP) is 7.02. The van der Waals surface area contributed by atoms with Crippen LogP contribution in [0, 0.1) is 13.8 Å². The molecule has 2 heteroatoms. The number of rotatable bonds is 10. The van der Waals surface area contributed by atoms with Gasteiger partial charge in [0, 0.05) is 6.42 Å². The van der Waals surface area contributed by atoms with Gasteiger partial charge >= 0.3 is 0 Å². The average Bonchev–Trinajstić information content (AvgIpc) is 2.67. The molecule has 1 N–H and O–H groups in total. The van der Waals surface area contributed by atoms with Gasteiger partial charge in [-0.2, -0.15) is 0 Å². The van der Waals surface area contributed by atoms with Gasteiger partial charge in [-0.1, -0.05) is 75.2 Å². The fourth-order valence-electron chi connectivity index (χ4n) is 3.76. The van der Waals surface area contributed by atoms with E-state index in [1.165, 1.54) is 16.7 Å². The summed E-state index contributed by atoms with van der Waals surface area (Å²) in [6, 6.07) is 8.65. The molecule has 0 aliphatic carbocycles. The lowest BCUT2D eigenvalue weighted by Crippen LogP contribution is -2.05. The number of phenolic OH excluding ortho intramolecular Hbond substituents is 1. The Morgan fingerprint density at radius 1 is 1.04 bits per heavy atom. The van der Waals surface area contributed by atoms with Gasteiger partial charge in [0.25, 0.3) is 0 Å². The summed E-state index contributed by atoms with van der Waals surface area (Å²) in [5.41, 5.74) is 6.85. The van der Waals surface area contributed by atoms with Crippen LogP contribution >= 0.6 is 0 Å². The minimum absolute atomic E-state index is 0.341. The maximum Gasteiger partial charge on any atom is 0.126 e. The maximum atomic E-state index is 11.0. The zero-order chi connectivity index (χ0) is 20.7. The van der Waals surface area contributed by atoms with Crippen LogP contribution in [0.25, 0.3) is 0 Å². The smallest absolute Gasteiger partial charge is 0.126 e. The number of unbranched alkanes of at least 4 members (excludes halogenated alkanes) is 1. The third kappa shape index (κ3) is 5.41. The molecule has 0 radical (unpaired) electrons. The number of aromatic hydroxyl groups is 1. The molecule has 1 unspecified atom stereocenters. The molecule has 2 rings (SSSR count). The van der Waals surface area contributed by atoms with Crippen LogP contribution in [0.4, 0.5) is 0 Å². The standard InChI is InChI=1S/C26H36O2/c1-7-10-11-21-13-18(4)15-23(26(21)28-12-8-2)17-22-14-19(5)16-24(25(22)27)20(6)9-3/h8,13-16,20,27H,2,7,9-12,17H2,1,3-6H3. The van der Waals surface area contributed by atoms with E-state index in [4.69, 9.17) is 4.74 Å². The number of ether oxygens (including phenoxy) is 1. The first-order valence-corrected chi connectivity index (χ1v) is 10.6. The molecular weight excluding hydrogens is 344 g/mol. The van der Waals surface area contributed by atoms with Crippen molar-refractivity contribution in [1.82, 2.24) is 0 Å². The van der Waals surface area contributed by atoms with Crippen molar-refractivity contribution in [3.63, 3.8) is 0 Å². The lowest BCUT2D eigenvalue weighted by molar-refractivity contribution is 0.355. The monoisotopic (exact) mass is 380 g/mol. The van der Waals surface area contributed by atoms with Gasteiger partial charge in [-0.05, 0) is 61.3 Å². The third-order valence-electron chi connectivity index (χ3n) is 5.42. The van der Waals surface area contributed by atoms with Gasteiger partial charge in [-0.25, -0.2) is 0 Å². The summed E-state index contributed by atoms with van der Waals surface area (Å²) in [6.45, 7) is 15.1. The van der Waals surface area contributed by atoms with E-state index >= 15 is 0 Å². The van der Waals surface area contributed by atoms with E-state index in [0.717, 1.165) is 48.1 Å². The highest BCUT2D eigenvalue weighted by molar-refractivity contribution is 5.52. The van der Waals surface area contributed by atoms with Crippen LogP contribution in [-0.4, -0.2) is 11.7 Å². The molecule has 0 saturated heterocycles. The fraction of sp³-hybridized carbons (Fsp3) is 0.462. The van der Waals surface area contributed by atoms with Crippen molar-refractivity contribution >= 4 is 0 Å². The quantitative estimate of drug-likeness (QED) is 0.449. The minimum Gasteiger partial charge on any atom is -0.507 e. The Labute approximate surface area is 171 Å². The van der Waals surface area contributed by atoms with Crippen molar-refractivity contribution < 1.29 is 9.84 Å². The minimum atomic E-state index is 0.341. The van der Waals surface area contributed by atoms with Crippen molar-refractivity contribution in [2.24, 2.45) is 0 Å². The highest BCUT2D eigenvalue weighted by Gasteiger charge is 2.17. The number of phenols is 1. The SMILES string of the molecule is C=CCOc1c(CCCC)cc(C)cc1Cc1cc(C)cc(C(C)CC)c1O. The molecule has 0 heterocycles. The first kappa shape index (κ1) is 22.1. The van der Waals surface area contributed by atoms with Crippen molar-refractivity contribution in [2.75, 3.05) is 6.61 Å². The summed E-state index contributed by atoms with van der Waals surface area (Å²) in [5.74, 6) is 1.74. The van der Waals surface area contributed by atoms with Crippen LogP contribution in [0.15, 0.2) is 36.9 Å². The number of hydrogen-bond acceptors (Lipinski definition) is 2. The largest absolute Gasteiger partial charge is 0.507 e. The summed E-state index contributed by atoms with van der Waals surface area (Å²) in [5, 5.41) is 11.0. The maximum absolute atomic E-state index is 11.0. The highest BCUT2D eigenvalue weighted by atomic mass is 16.5. The van der Waals surface area contributed by atoms with Crippen LogP contribution in [0.1, 0.15) is 79.3 Å². The second kappa shape index (κ2) is 10.4.